The summed E-state index contributed by atoms with van der Waals surface area (Å²) >= 11 is 0. The van der Waals surface area contributed by atoms with Crippen LogP contribution in [0.15, 0.2) is 91.0 Å². The van der Waals surface area contributed by atoms with Crippen molar-refractivity contribution in [3.8, 4) is 0 Å². The van der Waals surface area contributed by atoms with Crippen LogP contribution in [0.25, 0.3) is 0 Å². The molecule has 27 heavy (non-hydrogen) atoms. The Kier molecular flexibility index (Phi) is 4.71. The van der Waals surface area contributed by atoms with E-state index in [1.807, 2.05) is 78.9 Å². The topological polar surface area (TPSA) is 46.6 Å². The second-order valence-corrected chi connectivity index (χ2v) is 6.48. The monoisotopic (exact) mass is 357 g/mol. The SMILES string of the molecule is O=C1O[C@@H](c2ccccc2)N(C(=O)c2ccccc2)[C@H]1Cc1ccccc1. The quantitative estimate of drug-likeness (QED) is 0.663. The molecule has 0 saturated carbocycles. The molecule has 134 valence electrons. The van der Waals surface area contributed by atoms with Gasteiger partial charge in [-0.05, 0) is 17.7 Å². The first-order valence-electron chi connectivity index (χ1n) is 8.91. The lowest BCUT2D eigenvalue weighted by Crippen LogP contribution is -2.40. The number of carbonyl (C=O) groups excluding carboxylic acids is 2. The van der Waals surface area contributed by atoms with Gasteiger partial charge in [0.05, 0.1) is 0 Å². The molecule has 3 aromatic carbocycles. The predicted octanol–water partition coefficient (Wildman–Crippen LogP) is 4.00. The molecule has 1 aliphatic heterocycles. The van der Waals surface area contributed by atoms with E-state index in [9.17, 15) is 9.59 Å². The molecule has 1 heterocycles. The van der Waals surface area contributed by atoms with E-state index >= 15 is 0 Å². The molecule has 1 amide bonds. The van der Waals surface area contributed by atoms with Crippen LogP contribution >= 0.6 is 0 Å². The van der Waals surface area contributed by atoms with Gasteiger partial charge >= 0.3 is 5.97 Å². The first kappa shape index (κ1) is 17.0. The molecule has 1 aliphatic rings. The van der Waals surface area contributed by atoms with Gasteiger partial charge in [-0.3, -0.25) is 9.69 Å². The van der Waals surface area contributed by atoms with Crippen molar-refractivity contribution in [2.24, 2.45) is 0 Å². The number of carbonyl (C=O) groups is 2. The van der Waals surface area contributed by atoms with Gasteiger partial charge in [-0.1, -0.05) is 78.9 Å². The summed E-state index contributed by atoms with van der Waals surface area (Å²) in [7, 11) is 0. The van der Waals surface area contributed by atoms with Gasteiger partial charge in [0.15, 0.2) is 0 Å². The largest absolute Gasteiger partial charge is 0.435 e. The lowest BCUT2D eigenvalue weighted by molar-refractivity contribution is -0.142. The van der Waals surface area contributed by atoms with E-state index in [4.69, 9.17) is 4.74 Å². The van der Waals surface area contributed by atoms with Gasteiger partial charge in [-0.15, -0.1) is 0 Å². The highest BCUT2D eigenvalue weighted by molar-refractivity contribution is 5.98. The Balaban J connectivity index is 1.72. The van der Waals surface area contributed by atoms with Crippen LogP contribution in [0.4, 0.5) is 0 Å². The molecule has 0 aromatic heterocycles. The molecular formula is C23H19NO3. The number of rotatable bonds is 4. The average Bonchev–Trinajstić information content (AvgIpc) is 3.06. The van der Waals surface area contributed by atoms with Crippen molar-refractivity contribution in [2.45, 2.75) is 18.7 Å². The second kappa shape index (κ2) is 7.46. The Hall–Kier alpha value is -3.40. The Morgan fingerprint density at radius 2 is 1.37 bits per heavy atom. The standard InChI is InChI=1S/C23H19NO3/c25-21(18-12-6-2-7-13-18)24-20(16-17-10-4-1-5-11-17)23(26)27-22(24)19-14-8-3-9-15-19/h1-15,20,22H,16H2/t20-,22-/m0/s1. The Morgan fingerprint density at radius 1 is 0.815 bits per heavy atom. The molecular weight excluding hydrogens is 338 g/mol. The van der Waals surface area contributed by atoms with Gasteiger partial charge in [0, 0.05) is 17.5 Å². The highest BCUT2D eigenvalue weighted by Crippen LogP contribution is 2.34. The highest BCUT2D eigenvalue weighted by Gasteiger charge is 2.45. The van der Waals surface area contributed by atoms with Crippen molar-refractivity contribution in [3.05, 3.63) is 108 Å². The lowest BCUT2D eigenvalue weighted by Gasteiger charge is -2.26. The first-order valence-corrected chi connectivity index (χ1v) is 8.91. The van der Waals surface area contributed by atoms with Crippen molar-refractivity contribution < 1.29 is 14.3 Å². The molecule has 1 saturated heterocycles. The number of ether oxygens (including phenoxy) is 1. The van der Waals surface area contributed by atoms with E-state index in [1.54, 1.807) is 17.0 Å². The third-order valence-corrected chi connectivity index (χ3v) is 4.70. The lowest BCUT2D eigenvalue weighted by atomic mass is 10.0. The Labute approximate surface area is 158 Å². The Morgan fingerprint density at radius 3 is 2.00 bits per heavy atom. The molecule has 0 N–H and O–H groups in total. The number of cyclic esters (lactones) is 1. The molecule has 0 unspecified atom stereocenters. The van der Waals surface area contributed by atoms with Crippen LogP contribution in [0.3, 0.4) is 0 Å². The number of nitrogens with zero attached hydrogens (tertiary/aromatic N) is 1. The highest BCUT2D eigenvalue weighted by atomic mass is 16.6. The van der Waals surface area contributed by atoms with Gasteiger partial charge in [-0.25, -0.2) is 4.79 Å². The predicted molar refractivity (Wildman–Crippen MR) is 102 cm³/mol. The molecule has 2 atom stereocenters. The fraction of sp³-hybridized carbons (Fsp3) is 0.130. The van der Waals surface area contributed by atoms with E-state index < -0.39 is 12.3 Å². The minimum atomic E-state index is -0.722. The third-order valence-electron chi connectivity index (χ3n) is 4.70. The normalized spacial score (nSPS) is 19.0. The molecule has 1 fully saturated rings. The summed E-state index contributed by atoms with van der Waals surface area (Å²) in [4.78, 5) is 27.5. The van der Waals surface area contributed by atoms with Crippen molar-refractivity contribution in [1.82, 2.24) is 4.90 Å². The van der Waals surface area contributed by atoms with E-state index in [-0.39, 0.29) is 11.9 Å². The molecule has 0 spiro atoms. The van der Waals surface area contributed by atoms with Crippen LogP contribution < -0.4 is 0 Å². The number of benzene rings is 3. The molecule has 3 aromatic rings. The fourth-order valence-corrected chi connectivity index (χ4v) is 3.37. The van der Waals surface area contributed by atoms with E-state index in [0.717, 1.165) is 11.1 Å². The van der Waals surface area contributed by atoms with Crippen LogP contribution in [0.5, 0.6) is 0 Å². The molecule has 0 aliphatic carbocycles. The number of amides is 1. The first-order chi connectivity index (χ1) is 13.2. The zero-order valence-corrected chi connectivity index (χ0v) is 14.7. The average molecular weight is 357 g/mol. The second-order valence-electron chi connectivity index (χ2n) is 6.48. The van der Waals surface area contributed by atoms with Gasteiger partial charge in [0.25, 0.3) is 5.91 Å². The maximum absolute atomic E-state index is 13.3. The summed E-state index contributed by atoms with van der Waals surface area (Å²) in [6, 6.07) is 27.4. The van der Waals surface area contributed by atoms with Crippen LogP contribution in [-0.2, 0) is 16.0 Å². The zero-order valence-electron chi connectivity index (χ0n) is 14.7. The van der Waals surface area contributed by atoms with E-state index in [0.29, 0.717) is 12.0 Å². The summed E-state index contributed by atoms with van der Waals surface area (Å²) < 4.78 is 5.65. The smallest absolute Gasteiger partial charge is 0.331 e. The zero-order chi connectivity index (χ0) is 18.6. The number of hydrogen-bond acceptors (Lipinski definition) is 3. The van der Waals surface area contributed by atoms with Crippen molar-refractivity contribution >= 4 is 11.9 Å². The molecule has 0 radical (unpaired) electrons. The number of hydrogen-bond donors (Lipinski definition) is 0. The van der Waals surface area contributed by atoms with Crippen molar-refractivity contribution in [3.63, 3.8) is 0 Å². The van der Waals surface area contributed by atoms with E-state index in [2.05, 4.69) is 0 Å². The van der Waals surface area contributed by atoms with Crippen LogP contribution in [0.1, 0.15) is 27.7 Å². The fourth-order valence-electron chi connectivity index (χ4n) is 3.37. The molecule has 0 bridgehead atoms. The molecule has 4 nitrogen and oxygen atoms in total. The van der Waals surface area contributed by atoms with E-state index in [1.165, 1.54) is 0 Å². The third kappa shape index (κ3) is 3.47. The molecule has 4 heteroatoms. The van der Waals surface area contributed by atoms with Crippen molar-refractivity contribution in [1.29, 1.82) is 0 Å². The summed E-state index contributed by atoms with van der Waals surface area (Å²) in [5.74, 6) is -0.590. The molecule has 4 rings (SSSR count). The Bertz CT molecular complexity index is 926. The summed E-state index contributed by atoms with van der Waals surface area (Å²) in [6.45, 7) is 0. The van der Waals surface area contributed by atoms with Gasteiger partial charge in [0.1, 0.15) is 6.04 Å². The summed E-state index contributed by atoms with van der Waals surface area (Å²) in [5.41, 5.74) is 2.31. The van der Waals surface area contributed by atoms with Gasteiger partial charge in [-0.2, -0.15) is 0 Å². The summed E-state index contributed by atoms with van der Waals surface area (Å²) in [5, 5.41) is 0. The van der Waals surface area contributed by atoms with Crippen molar-refractivity contribution in [2.75, 3.05) is 0 Å². The van der Waals surface area contributed by atoms with Gasteiger partial charge < -0.3 is 4.74 Å². The number of esters is 1. The maximum atomic E-state index is 13.3. The van der Waals surface area contributed by atoms with Gasteiger partial charge in [0.2, 0.25) is 6.23 Å². The summed E-state index contributed by atoms with van der Waals surface area (Å²) in [6.07, 6.45) is -0.304. The minimum absolute atomic E-state index is 0.212. The van der Waals surface area contributed by atoms with Crippen LogP contribution in [0, 0.1) is 0 Å². The maximum Gasteiger partial charge on any atom is 0.331 e. The van der Waals surface area contributed by atoms with Crippen LogP contribution in [0.2, 0.25) is 0 Å². The van der Waals surface area contributed by atoms with Crippen LogP contribution in [-0.4, -0.2) is 22.8 Å². The minimum Gasteiger partial charge on any atom is -0.435 e.